The van der Waals surface area contributed by atoms with E-state index < -0.39 is 0 Å². The van der Waals surface area contributed by atoms with Gasteiger partial charge in [-0.2, -0.15) is 0 Å². The molecular formula is C13H24N2O. The van der Waals surface area contributed by atoms with Gasteiger partial charge in [0, 0.05) is 19.0 Å². The highest BCUT2D eigenvalue weighted by Crippen LogP contribution is 2.21. The molecule has 0 radical (unpaired) electrons. The number of piperidine rings is 2. The molecule has 2 fully saturated rings. The van der Waals surface area contributed by atoms with Gasteiger partial charge in [-0.3, -0.25) is 4.79 Å². The van der Waals surface area contributed by atoms with Crippen LogP contribution in [-0.4, -0.2) is 36.5 Å². The molecule has 2 saturated heterocycles. The molecule has 3 heteroatoms. The molecular weight excluding hydrogens is 200 g/mol. The van der Waals surface area contributed by atoms with Crippen molar-refractivity contribution in [2.75, 3.05) is 19.6 Å². The van der Waals surface area contributed by atoms with Crippen LogP contribution in [0.1, 0.15) is 45.4 Å². The number of nitrogens with one attached hydrogen (secondary N) is 1. The molecule has 1 amide bonds. The number of rotatable bonds is 2. The minimum Gasteiger partial charge on any atom is -0.340 e. The molecule has 2 atom stereocenters. The van der Waals surface area contributed by atoms with Crippen molar-refractivity contribution < 1.29 is 4.79 Å². The summed E-state index contributed by atoms with van der Waals surface area (Å²) >= 11 is 0. The number of nitrogens with zero attached hydrogens (tertiary/aromatic N) is 1. The Labute approximate surface area is 98.6 Å². The van der Waals surface area contributed by atoms with Crippen molar-refractivity contribution in [3.63, 3.8) is 0 Å². The molecule has 2 aliphatic heterocycles. The molecule has 3 nitrogen and oxygen atoms in total. The highest BCUT2D eigenvalue weighted by atomic mass is 16.2. The summed E-state index contributed by atoms with van der Waals surface area (Å²) in [4.78, 5) is 14.3. The summed E-state index contributed by atoms with van der Waals surface area (Å²) in [5, 5.41) is 3.38. The molecule has 0 spiro atoms. The summed E-state index contributed by atoms with van der Waals surface area (Å²) < 4.78 is 0. The Kier molecular flexibility index (Phi) is 4.22. The van der Waals surface area contributed by atoms with Crippen molar-refractivity contribution in [1.82, 2.24) is 10.2 Å². The third kappa shape index (κ3) is 2.97. The molecule has 1 N–H and O–H groups in total. The van der Waals surface area contributed by atoms with E-state index in [1.807, 2.05) is 0 Å². The predicted molar refractivity (Wildman–Crippen MR) is 65.2 cm³/mol. The Morgan fingerprint density at radius 1 is 1.31 bits per heavy atom. The number of carbonyl (C=O) groups is 1. The van der Waals surface area contributed by atoms with Crippen LogP contribution in [-0.2, 0) is 4.79 Å². The summed E-state index contributed by atoms with van der Waals surface area (Å²) in [5.74, 6) is 0.969. The summed E-state index contributed by atoms with van der Waals surface area (Å²) in [6.45, 7) is 5.34. The molecule has 0 aromatic rings. The second-order valence-electron chi connectivity index (χ2n) is 5.35. The number of amides is 1. The Balaban J connectivity index is 1.81. The lowest BCUT2D eigenvalue weighted by Gasteiger charge is -2.35. The third-order valence-corrected chi connectivity index (χ3v) is 3.99. The van der Waals surface area contributed by atoms with Crippen LogP contribution in [0.25, 0.3) is 0 Å². The summed E-state index contributed by atoms with van der Waals surface area (Å²) in [6, 6.07) is 0.470. The number of carbonyl (C=O) groups excluding carboxylic acids is 1. The van der Waals surface area contributed by atoms with Crippen LogP contribution in [0.2, 0.25) is 0 Å². The Bertz CT molecular complexity index is 236. The Morgan fingerprint density at radius 3 is 2.88 bits per heavy atom. The molecule has 0 aromatic carbocycles. The fourth-order valence-corrected chi connectivity index (χ4v) is 2.93. The first-order chi connectivity index (χ1) is 7.77. The van der Waals surface area contributed by atoms with Gasteiger partial charge in [-0.1, -0.05) is 0 Å². The molecule has 0 saturated carbocycles. The van der Waals surface area contributed by atoms with Crippen LogP contribution >= 0.6 is 0 Å². The predicted octanol–water partition coefficient (Wildman–Crippen LogP) is 1.78. The summed E-state index contributed by atoms with van der Waals surface area (Å²) in [5.41, 5.74) is 0. The number of likely N-dealkylation sites (tertiary alicyclic amines) is 1. The van der Waals surface area contributed by atoms with Crippen LogP contribution in [0.3, 0.4) is 0 Å². The maximum absolute atomic E-state index is 12.2. The fourth-order valence-electron chi connectivity index (χ4n) is 2.93. The zero-order chi connectivity index (χ0) is 11.4. The van der Waals surface area contributed by atoms with Crippen molar-refractivity contribution in [2.24, 2.45) is 5.92 Å². The van der Waals surface area contributed by atoms with Gasteiger partial charge in [-0.15, -0.1) is 0 Å². The van der Waals surface area contributed by atoms with Gasteiger partial charge >= 0.3 is 0 Å². The van der Waals surface area contributed by atoms with Gasteiger partial charge in [0.2, 0.25) is 5.91 Å². The summed E-state index contributed by atoms with van der Waals surface area (Å²) in [6.07, 6.45) is 6.88. The monoisotopic (exact) mass is 224 g/mol. The van der Waals surface area contributed by atoms with Gasteiger partial charge in [0.25, 0.3) is 0 Å². The molecule has 0 aliphatic carbocycles. The van der Waals surface area contributed by atoms with Crippen molar-refractivity contribution in [3.8, 4) is 0 Å². The summed E-state index contributed by atoms with van der Waals surface area (Å²) in [7, 11) is 0. The van der Waals surface area contributed by atoms with Crippen LogP contribution < -0.4 is 5.32 Å². The molecule has 0 unspecified atom stereocenters. The minimum atomic E-state index is 0.390. The van der Waals surface area contributed by atoms with E-state index in [9.17, 15) is 4.79 Å². The van der Waals surface area contributed by atoms with Crippen molar-refractivity contribution in [1.29, 1.82) is 0 Å². The average Bonchev–Trinajstić information content (AvgIpc) is 2.31. The Hall–Kier alpha value is -0.570. The van der Waals surface area contributed by atoms with Gasteiger partial charge in [0.05, 0.1) is 0 Å². The van der Waals surface area contributed by atoms with E-state index in [1.54, 1.807) is 0 Å². The molecule has 0 aromatic heterocycles. The SMILES string of the molecule is C[C@@H]1CCCCN1C(=O)C[C@@H]1CCCNC1. The lowest BCUT2D eigenvalue weighted by atomic mass is 9.94. The van der Waals surface area contributed by atoms with Gasteiger partial charge in [0.15, 0.2) is 0 Å². The first-order valence-electron chi connectivity index (χ1n) is 6.77. The van der Waals surface area contributed by atoms with Crippen molar-refractivity contribution in [2.45, 2.75) is 51.5 Å². The quantitative estimate of drug-likeness (QED) is 0.775. The highest BCUT2D eigenvalue weighted by Gasteiger charge is 2.25. The second kappa shape index (κ2) is 5.67. The molecule has 92 valence electrons. The van der Waals surface area contributed by atoms with Crippen LogP contribution in [0, 0.1) is 5.92 Å². The lowest BCUT2D eigenvalue weighted by molar-refractivity contribution is -0.135. The minimum absolute atomic E-state index is 0.390. The first-order valence-corrected chi connectivity index (χ1v) is 6.77. The number of hydrogen-bond acceptors (Lipinski definition) is 2. The smallest absolute Gasteiger partial charge is 0.223 e. The van der Waals surface area contributed by atoms with Crippen LogP contribution in [0.4, 0.5) is 0 Å². The van der Waals surface area contributed by atoms with E-state index in [-0.39, 0.29) is 0 Å². The normalized spacial score (nSPS) is 31.4. The van der Waals surface area contributed by atoms with Gasteiger partial charge in [-0.05, 0) is 58.0 Å². The van der Waals surface area contributed by atoms with Gasteiger partial charge < -0.3 is 10.2 Å². The second-order valence-corrected chi connectivity index (χ2v) is 5.35. The largest absolute Gasteiger partial charge is 0.340 e. The Morgan fingerprint density at radius 2 is 2.19 bits per heavy atom. The maximum atomic E-state index is 12.2. The van der Waals surface area contributed by atoms with Crippen LogP contribution in [0.5, 0.6) is 0 Å². The third-order valence-electron chi connectivity index (χ3n) is 3.99. The molecule has 2 rings (SSSR count). The maximum Gasteiger partial charge on any atom is 0.223 e. The first kappa shape index (κ1) is 11.9. The molecule has 0 bridgehead atoms. The average molecular weight is 224 g/mol. The zero-order valence-corrected chi connectivity index (χ0v) is 10.4. The highest BCUT2D eigenvalue weighted by molar-refractivity contribution is 5.76. The van der Waals surface area contributed by atoms with Gasteiger partial charge in [-0.25, -0.2) is 0 Å². The van der Waals surface area contributed by atoms with E-state index in [2.05, 4.69) is 17.1 Å². The lowest BCUT2D eigenvalue weighted by Crippen LogP contribution is -2.43. The zero-order valence-electron chi connectivity index (χ0n) is 10.4. The molecule has 2 aliphatic rings. The van der Waals surface area contributed by atoms with Crippen LogP contribution in [0.15, 0.2) is 0 Å². The molecule has 16 heavy (non-hydrogen) atoms. The van der Waals surface area contributed by atoms with E-state index in [1.165, 1.54) is 32.1 Å². The topological polar surface area (TPSA) is 32.3 Å². The fraction of sp³-hybridized carbons (Fsp3) is 0.923. The van der Waals surface area contributed by atoms with Crippen molar-refractivity contribution >= 4 is 5.91 Å². The number of hydrogen-bond donors (Lipinski definition) is 1. The van der Waals surface area contributed by atoms with Gasteiger partial charge in [0.1, 0.15) is 0 Å². The van der Waals surface area contributed by atoms with E-state index in [0.29, 0.717) is 17.9 Å². The van der Waals surface area contributed by atoms with Crippen molar-refractivity contribution in [3.05, 3.63) is 0 Å². The molecule has 2 heterocycles. The van der Waals surface area contributed by atoms with E-state index in [0.717, 1.165) is 26.1 Å². The standard InChI is InChI=1S/C13H24N2O/c1-11-5-2-3-8-15(11)13(16)9-12-6-4-7-14-10-12/h11-12,14H,2-10H2,1H3/t11-,12+/m1/s1. The van der Waals surface area contributed by atoms with E-state index in [4.69, 9.17) is 0 Å². The van der Waals surface area contributed by atoms with E-state index >= 15 is 0 Å².